The van der Waals surface area contributed by atoms with Gasteiger partial charge in [-0.15, -0.1) is 11.6 Å². The van der Waals surface area contributed by atoms with Gasteiger partial charge in [-0.05, 0) is 30.5 Å². The second-order valence-corrected chi connectivity index (χ2v) is 2.70. The second kappa shape index (κ2) is 5.23. The van der Waals surface area contributed by atoms with Crippen molar-refractivity contribution in [3.8, 4) is 6.07 Å². The summed E-state index contributed by atoms with van der Waals surface area (Å²) in [4.78, 5) is 0. The normalized spacial score (nSPS) is 9.85. The van der Waals surface area contributed by atoms with Crippen molar-refractivity contribution in [2.75, 3.05) is 11.2 Å². The van der Waals surface area contributed by atoms with Gasteiger partial charge in [0.2, 0.25) is 0 Å². The van der Waals surface area contributed by atoms with Crippen molar-refractivity contribution in [3.63, 3.8) is 0 Å². The van der Waals surface area contributed by atoms with Crippen LogP contribution in [0.15, 0.2) is 36.5 Å². The molecule has 13 heavy (non-hydrogen) atoms. The number of anilines is 1. The maximum absolute atomic E-state index is 8.54. The molecule has 0 amide bonds. The fraction of sp³-hybridized carbons (Fsp3) is 0.100. The van der Waals surface area contributed by atoms with Gasteiger partial charge in [0.25, 0.3) is 0 Å². The number of allylic oxidation sites excluding steroid dienone is 1. The minimum Gasteiger partial charge on any atom is -0.362 e. The summed E-state index contributed by atoms with van der Waals surface area (Å²) < 4.78 is 0. The Hall–Kier alpha value is -1.46. The van der Waals surface area contributed by atoms with Gasteiger partial charge in [-0.2, -0.15) is 5.26 Å². The van der Waals surface area contributed by atoms with Crippen molar-refractivity contribution in [1.29, 1.82) is 5.26 Å². The van der Waals surface area contributed by atoms with E-state index in [1.807, 2.05) is 12.1 Å². The Kier molecular flexibility index (Phi) is 3.87. The van der Waals surface area contributed by atoms with E-state index in [9.17, 15) is 0 Å². The van der Waals surface area contributed by atoms with Crippen molar-refractivity contribution >= 4 is 17.3 Å². The number of nitrogens with zero attached hydrogens (tertiary/aromatic N) is 1. The molecule has 0 aromatic heterocycles. The Labute approximate surface area is 82.4 Å². The molecule has 1 rings (SSSR count). The highest BCUT2D eigenvalue weighted by atomic mass is 35.5. The Morgan fingerprint density at radius 2 is 2.08 bits per heavy atom. The molecule has 0 aliphatic rings. The van der Waals surface area contributed by atoms with Crippen molar-refractivity contribution in [1.82, 2.24) is 0 Å². The first-order valence-corrected chi connectivity index (χ1v) is 4.38. The molecule has 2 nitrogen and oxygen atoms in total. The zero-order valence-electron chi connectivity index (χ0n) is 7.00. The largest absolute Gasteiger partial charge is 0.362 e. The first-order chi connectivity index (χ1) is 6.36. The lowest BCUT2D eigenvalue weighted by atomic mass is 10.2. The van der Waals surface area contributed by atoms with E-state index in [-0.39, 0.29) is 0 Å². The third kappa shape index (κ3) is 3.18. The fourth-order valence-corrected chi connectivity index (χ4v) is 0.930. The molecule has 0 unspecified atom stereocenters. The van der Waals surface area contributed by atoms with E-state index >= 15 is 0 Å². The maximum atomic E-state index is 8.54. The predicted molar refractivity (Wildman–Crippen MR) is 54.6 cm³/mol. The van der Waals surface area contributed by atoms with Crippen LogP contribution < -0.4 is 5.32 Å². The van der Waals surface area contributed by atoms with Gasteiger partial charge in [0.1, 0.15) is 0 Å². The average Bonchev–Trinajstić information content (AvgIpc) is 2.19. The van der Waals surface area contributed by atoms with Gasteiger partial charge >= 0.3 is 0 Å². The van der Waals surface area contributed by atoms with Crippen LogP contribution in [0.3, 0.4) is 0 Å². The molecule has 0 radical (unpaired) electrons. The topological polar surface area (TPSA) is 35.8 Å². The molecule has 3 heteroatoms. The van der Waals surface area contributed by atoms with Crippen LogP contribution in [0.4, 0.5) is 5.69 Å². The van der Waals surface area contributed by atoms with Crippen LogP contribution in [0, 0.1) is 11.3 Å². The van der Waals surface area contributed by atoms with Crippen LogP contribution in [-0.2, 0) is 0 Å². The number of nitrogens with one attached hydrogen (secondary N) is 1. The first kappa shape index (κ1) is 9.63. The van der Waals surface area contributed by atoms with E-state index in [0.29, 0.717) is 11.4 Å². The molecule has 0 saturated carbocycles. The number of nitriles is 1. The number of halogens is 1. The van der Waals surface area contributed by atoms with Crippen molar-refractivity contribution in [3.05, 3.63) is 42.1 Å². The molecule has 0 aliphatic heterocycles. The van der Waals surface area contributed by atoms with Crippen LogP contribution in [-0.4, -0.2) is 5.88 Å². The van der Waals surface area contributed by atoms with Gasteiger partial charge in [0.15, 0.2) is 0 Å². The minimum absolute atomic E-state index is 0.489. The quantitative estimate of drug-likeness (QED) is 0.748. The van der Waals surface area contributed by atoms with Gasteiger partial charge in [0.05, 0.1) is 11.6 Å². The standard InChI is InChI=1S/C10H9ClN2/c11-6-1-7-13-10-4-2-9(8-12)3-5-10/h1-5,7,13H,6H2. The van der Waals surface area contributed by atoms with Crippen molar-refractivity contribution in [2.45, 2.75) is 0 Å². The van der Waals surface area contributed by atoms with Crippen LogP contribution in [0.25, 0.3) is 0 Å². The van der Waals surface area contributed by atoms with Gasteiger partial charge in [-0.3, -0.25) is 0 Å². The lowest BCUT2D eigenvalue weighted by Crippen LogP contribution is -1.86. The van der Waals surface area contributed by atoms with Crippen molar-refractivity contribution < 1.29 is 0 Å². The van der Waals surface area contributed by atoms with E-state index in [1.165, 1.54) is 0 Å². The molecule has 0 fully saturated rings. The van der Waals surface area contributed by atoms with E-state index in [0.717, 1.165) is 5.69 Å². The Morgan fingerprint density at radius 3 is 2.62 bits per heavy atom. The van der Waals surface area contributed by atoms with E-state index in [4.69, 9.17) is 16.9 Å². The molecule has 1 aromatic carbocycles. The molecular formula is C10H9ClN2. The van der Waals surface area contributed by atoms with Crippen LogP contribution in [0.1, 0.15) is 5.56 Å². The van der Waals surface area contributed by atoms with E-state index < -0.39 is 0 Å². The second-order valence-electron chi connectivity index (χ2n) is 2.39. The third-order valence-electron chi connectivity index (χ3n) is 1.47. The molecule has 0 bridgehead atoms. The number of alkyl halides is 1. The Bertz CT molecular complexity index is 322. The number of hydrogen-bond acceptors (Lipinski definition) is 2. The highest BCUT2D eigenvalue weighted by Gasteiger charge is 1.89. The molecule has 66 valence electrons. The summed E-state index contributed by atoms with van der Waals surface area (Å²) in [5, 5.41) is 11.6. The highest BCUT2D eigenvalue weighted by molar-refractivity contribution is 6.18. The van der Waals surface area contributed by atoms with Crippen LogP contribution in [0.5, 0.6) is 0 Å². The molecule has 0 saturated heterocycles. The molecule has 1 aromatic rings. The molecule has 0 atom stereocenters. The summed E-state index contributed by atoms with van der Waals surface area (Å²) in [6, 6.07) is 9.26. The van der Waals surface area contributed by atoms with Gasteiger partial charge < -0.3 is 5.32 Å². The zero-order chi connectivity index (χ0) is 9.52. The number of benzene rings is 1. The first-order valence-electron chi connectivity index (χ1n) is 3.84. The number of rotatable bonds is 3. The SMILES string of the molecule is N#Cc1ccc(NC=CCCl)cc1. The lowest BCUT2D eigenvalue weighted by molar-refractivity contribution is 1.47. The summed E-state index contributed by atoms with van der Waals surface area (Å²) in [5.74, 6) is 0.489. The summed E-state index contributed by atoms with van der Waals surface area (Å²) in [5.41, 5.74) is 1.60. The predicted octanol–water partition coefficient (Wildman–Crippen LogP) is 2.72. The van der Waals surface area contributed by atoms with E-state index in [2.05, 4.69) is 11.4 Å². The van der Waals surface area contributed by atoms with Crippen LogP contribution >= 0.6 is 11.6 Å². The fourth-order valence-electron chi connectivity index (χ4n) is 0.841. The highest BCUT2D eigenvalue weighted by Crippen LogP contribution is 2.08. The van der Waals surface area contributed by atoms with E-state index in [1.54, 1.807) is 24.4 Å². The smallest absolute Gasteiger partial charge is 0.0991 e. The van der Waals surface area contributed by atoms with Gasteiger partial charge in [-0.1, -0.05) is 6.08 Å². The average molecular weight is 193 g/mol. The Morgan fingerprint density at radius 1 is 1.38 bits per heavy atom. The minimum atomic E-state index is 0.489. The molecular weight excluding hydrogens is 184 g/mol. The maximum Gasteiger partial charge on any atom is 0.0991 e. The lowest BCUT2D eigenvalue weighted by Gasteiger charge is -1.98. The van der Waals surface area contributed by atoms with Crippen LogP contribution in [0.2, 0.25) is 0 Å². The molecule has 0 aliphatic carbocycles. The molecule has 0 spiro atoms. The summed E-state index contributed by atoms with van der Waals surface area (Å²) in [7, 11) is 0. The monoisotopic (exact) mass is 192 g/mol. The van der Waals surface area contributed by atoms with Gasteiger partial charge in [-0.25, -0.2) is 0 Å². The molecule has 0 heterocycles. The third-order valence-corrected chi connectivity index (χ3v) is 1.65. The Balaban J connectivity index is 2.60. The summed E-state index contributed by atoms with van der Waals surface area (Å²) in [6.07, 6.45) is 3.58. The number of hydrogen-bond donors (Lipinski definition) is 1. The zero-order valence-corrected chi connectivity index (χ0v) is 7.75. The molecule has 1 N–H and O–H groups in total. The van der Waals surface area contributed by atoms with Crippen molar-refractivity contribution in [2.24, 2.45) is 0 Å². The van der Waals surface area contributed by atoms with Gasteiger partial charge in [0, 0.05) is 11.6 Å². The summed E-state index contributed by atoms with van der Waals surface area (Å²) in [6.45, 7) is 0. The summed E-state index contributed by atoms with van der Waals surface area (Å²) >= 11 is 5.45.